The second-order valence-electron chi connectivity index (χ2n) is 8.04. The van der Waals surface area contributed by atoms with Gasteiger partial charge < -0.3 is 16.0 Å². The number of nitrogens with one attached hydrogen (secondary N) is 1. The maximum atomic E-state index is 12.5. The molecule has 3 N–H and O–H groups in total. The minimum absolute atomic E-state index is 0.0474. The summed E-state index contributed by atoms with van der Waals surface area (Å²) in [7, 11) is 0. The van der Waals surface area contributed by atoms with Crippen molar-refractivity contribution in [2.75, 3.05) is 13.1 Å². The normalized spacial score (nSPS) is 25.4. The predicted molar refractivity (Wildman–Crippen MR) is 111 cm³/mol. The molecule has 166 valence electrons. The van der Waals surface area contributed by atoms with Crippen LogP contribution in [0.1, 0.15) is 31.2 Å². The molecule has 1 aromatic rings. The number of benzene rings is 1. The largest absolute Gasteiger partial charge is 0.393 e. The Kier molecular flexibility index (Phi) is 7.33. The van der Waals surface area contributed by atoms with Gasteiger partial charge in [0, 0.05) is 18.3 Å². The Morgan fingerprint density at radius 1 is 1.29 bits per heavy atom. The molecule has 9 heteroatoms. The molecule has 1 aliphatic heterocycles. The molecule has 3 unspecified atom stereocenters. The van der Waals surface area contributed by atoms with Crippen molar-refractivity contribution in [1.29, 1.82) is 5.26 Å². The van der Waals surface area contributed by atoms with E-state index in [4.69, 9.17) is 5.73 Å². The van der Waals surface area contributed by atoms with Crippen molar-refractivity contribution >= 4 is 17.8 Å². The zero-order valence-corrected chi connectivity index (χ0v) is 17.1. The second kappa shape index (κ2) is 9.96. The smallest absolute Gasteiger partial charge is 0.386 e. The summed E-state index contributed by atoms with van der Waals surface area (Å²) < 4.78 is 37.4. The molecule has 0 aromatic heterocycles. The van der Waals surface area contributed by atoms with E-state index >= 15 is 0 Å². The van der Waals surface area contributed by atoms with E-state index in [2.05, 4.69) is 21.3 Å². The first-order chi connectivity index (χ1) is 14.8. The number of halogens is 3. The van der Waals surface area contributed by atoms with Gasteiger partial charge >= 0.3 is 6.18 Å². The van der Waals surface area contributed by atoms with Crippen LogP contribution in [0.5, 0.6) is 0 Å². The molecular weight excluding hydrogens is 407 g/mol. The fraction of sp³-hybridized carbons (Fsp3) is 0.500. The number of aldehydes is 1. The summed E-state index contributed by atoms with van der Waals surface area (Å²) in [6.07, 6.45) is 0.568. The van der Waals surface area contributed by atoms with E-state index in [1.807, 2.05) is 0 Å². The van der Waals surface area contributed by atoms with Crippen molar-refractivity contribution in [3.05, 3.63) is 41.6 Å². The van der Waals surface area contributed by atoms with Crippen LogP contribution in [0.25, 0.3) is 0 Å². The highest BCUT2D eigenvalue weighted by Crippen LogP contribution is 2.30. The van der Waals surface area contributed by atoms with Crippen molar-refractivity contribution in [3.8, 4) is 6.07 Å². The second-order valence-corrected chi connectivity index (χ2v) is 8.04. The zero-order chi connectivity index (χ0) is 22.4. The Balaban J connectivity index is 1.62. The lowest BCUT2D eigenvalue weighted by Crippen LogP contribution is -2.50. The minimum Gasteiger partial charge on any atom is -0.386 e. The highest BCUT2D eigenvalue weighted by Gasteiger charge is 2.34. The Morgan fingerprint density at radius 3 is 2.55 bits per heavy atom. The lowest BCUT2D eigenvalue weighted by Gasteiger charge is -2.43. The monoisotopic (exact) mass is 433 g/mol. The number of carbonyl (C=O) groups excluding carboxylic acids is 1. The summed E-state index contributed by atoms with van der Waals surface area (Å²) in [5, 5.41) is 12.7. The first-order valence-electron chi connectivity index (χ1n) is 10.3. The average Bonchev–Trinajstić information content (AvgIpc) is 2.68. The van der Waals surface area contributed by atoms with Gasteiger partial charge in [0.05, 0.1) is 29.7 Å². The summed E-state index contributed by atoms with van der Waals surface area (Å²) >= 11 is 0. The number of nitriles is 1. The predicted octanol–water partition coefficient (Wildman–Crippen LogP) is 3.22. The van der Waals surface area contributed by atoms with Gasteiger partial charge in [-0.1, -0.05) is 12.1 Å². The first-order valence-corrected chi connectivity index (χ1v) is 10.3. The van der Waals surface area contributed by atoms with Gasteiger partial charge in [-0.25, -0.2) is 4.99 Å². The summed E-state index contributed by atoms with van der Waals surface area (Å²) in [6.45, 7) is 2.20. The van der Waals surface area contributed by atoms with Crippen LogP contribution in [0.3, 0.4) is 0 Å². The molecule has 1 aromatic carbocycles. The number of alkyl halides is 3. The number of aliphatic imine (C=N–C) groups is 1. The molecule has 1 saturated heterocycles. The summed E-state index contributed by atoms with van der Waals surface area (Å²) in [4.78, 5) is 18.0. The van der Waals surface area contributed by atoms with Crippen LogP contribution in [0.4, 0.5) is 18.9 Å². The molecule has 0 spiro atoms. The molecule has 1 saturated carbocycles. The number of hydrogen-bond acceptors (Lipinski definition) is 5. The molecule has 0 amide bonds. The van der Waals surface area contributed by atoms with Crippen LogP contribution in [-0.2, 0) is 11.2 Å². The van der Waals surface area contributed by atoms with E-state index in [0.29, 0.717) is 18.0 Å². The fourth-order valence-corrected chi connectivity index (χ4v) is 4.02. The molecule has 1 heterocycles. The van der Waals surface area contributed by atoms with Crippen LogP contribution in [0.2, 0.25) is 0 Å². The molecule has 2 fully saturated rings. The van der Waals surface area contributed by atoms with Crippen molar-refractivity contribution in [2.24, 2.45) is 16.6 Å². The topological polar surface area (TPSA) is 94.5 Å². The fourth-order valence-electron chi connectivity index (χ4n) is 4.02. The van der Waals surface area contributed by atoms with Gasteiger partial charge in [0.15, 0.2) is 6.29 Å². The third-order valence-electron chi connectivity index (χ3n) is 5.86. The lowest BCUT2D eigenvalue weighted by molar-refractivity contribution is -0.127. The Labute approximate surface area is 179 Å². The number of hydrogen-bond donors (Lipinski definition) is 2. The molecule has 6 nitrogen and oxygen atoms in total. The number of amidine groups is 1. The first kappa shape index (κ1) is 22.8. The average molecular weight is 433 g/mol. The number of nitrogens with zero attached hydrogens (tertiary/aromatic N) is 3. The SMILES string of the molecule is N#CC1CC(N2CCC2)CCC1N/C=C(/C=O)C(N)=Nc1ccc(CC(F)(F)F)cc1. The highest BCUT2D eigenvalue weighted by atomic mass is 19.4. The van der Waals surface area contributed by atoms with E-state index in [1.165, 1.54) is 36.9 Å². The summed E-state index contributed by atoms with van der Waals surface area (Å²) in [6, 6.07) is 8.24. The van der Waals surface area contributed by atoms with Gasteiger partial charge in [0.2, 0.25) is 0 Å². The summed E-state index contributed by atoms with van der Waals surface area (Å²) in [5.74, 6) is -0.211. The third kappa shape index (κ3) is 6.31. The van der Waals surface area contributed by atoms with Gasteiger partial charge in [-0.3, -0.25) is 4.79 Å². The Hall–Kier alpha value is -2.86. The summed E-state index contributed by atoms with van der Waals surface area (Å²) in [5.41, 5.74) is 6.52. The molecule has 2 aliphatic rings. The molecule has 0 radical (unpaired) electrons. The van der Waals surface area contributed by atoms with Crippen molar-refractivity contribution in [3.63, 3.8) is 0 Å². The van der Waals surface area contributed by atoms with Gasteiger partial charge in [0.25, 0.3) is 0 Å². The van der Waals surface area contributed by atoms with E-state index in [-0.39, 0.29) is 28.9 Å². The molecule has 3 atom stereocenters. The van der Waals surface area contributed by atoms with E-state index in [0.717, 1.165) is 32.4 Å². The zero-order valence-electron chi connectivity index (χ0n) is 17.1. The standard InChI is InChI=1S/C22H26F3N5O/c23-22(24,25)11-15-2-4-18(5-3-15)29-21(27)17(14-31)13-28-20-7-6-19(10-16(20)12-26)30-8-1-9-30/h2-5,13-14,16,19-20,28H,1,6-11H2,(H2,27,29)/b17-13-. The molecule has 3 rings (SSSR count). The van der Waals surface area contributed by atoms with E-state index in [9.17, 15) is 23.2 Å². The van der Waals surface area contributed by atoms with E-state index in [1.54, 1.807) is 0 Å². The van der Waals surface area contributed by atoms with Gasteiger partial charge in [-0.2, -0.15) is 18.4 Å². The molecule has 1 aliphatic carbocycles. The van der Waals surface area contributed by atoms with Crippen LogP contribution in [0, 0.1) is 17.2 Å². The van der Waals surface area contributed by atoms with Crippen molar-refractivity contribution < 1.29 is 18.0 Å². The Bertz CT molecular complexity index is 869. The number of likely N-dealkylation sites (tertiary alicyclic amines) is 1. The highest BCUT2D eigenvalue weighted by molar-refractivity contribution is 6.13. The van der Waals surface area contributed by atoms with Gasteiger partial charge in [-0.05, 0) is 56.5 Å². The Morgan fingerprint density at radius 2 is 2.00 bits per heavy atom. The van der Waals surface area contributed by atoms with Crippen LogP contribution in [0.15, 0.2) is 41.0 Å². The minimum atomic E-state index is -4.28. The number of rotatable bonds is 7. The van der Waals surface area contributed by atoms with Crippen molar-refractivity contribution in [2.45, 2.75) is 50.4 Å². The van der Waals surface area contributed by atoms with Gasteiger partial charge in [0.1, 0.15) is 5.84 Å². The third-order valence-corrected chi connectivity index (χ3v) is 5.86. The van der Waals surface area contributed by atoms with Crippen molar-refractivity contribution in [1.82, 2.24) is 10.2 Å². The quantitative estimate of drug-likeness (QED) is 0.298. The maximum absolute atomic E-state index is 12.5. The molecule has 0 bridgehead atoms. The lowest BCUT2D eigenvalue weighted by atomic mass is 9.81. The molecular formula is C22H26F3N5O. The van der Waals surface area contributed by atoms with Crippen LogP contribution in [-0.4, -0.2) is 48.4 Å². The van der Waals surface area contributed by atoms with Crippen LogP contribution >= 0.6 is 0 Å². The molecule has 31 heavy (non-hydrogen) atoms. The maximum Gasteiger partial charge on any atom is 0.393 e. The van der Waals surface area contributed by atoms with E-state index < -0.39 is 12.6 Å². The number of carbonyl (C=O) groups is 1. The van der Waals surface area contributed by atoms with Crippen LogP contribution < -0.4 is 11.1 Å². The number of nitrogens with two attached hydrogens (primary N) is 1. The van der Waals surface area contributed by atoms with Gasteiger partial charge in [-0.15, -0.1) is 0 Å².